The van der Waals surface area contributed by atoms with E-state index in [2.05, 4.69) is 12.2 Å². The van der Waals surface area contributed by atoms with E-state index in [1.54, 1.807) is 0 Å². The average molecular weight is 172 g/mol. The van der Waals surface area contributed by atoms with Crippen LogP contribution in [0.5, 0.6) is 0 Å². The summed E-state index contributed by atoms with van der Waals surface area (Å²) in [5, 5.41) is 3.18. The van der Waals surface area contributed by atoms with Crippen molar-refractivity contribution < 1.29 is 4.79 Å². The molecule has 1 aliphatic rings. The molecule has 0 unspecified atom stereocenters. The average Bonchev–Trinajstić information content (AvgIpc) is 2.26. The Morgan fingerprint density at radius 2 is 2.45 bits per heavy atom. The molecular weight excluding hydrogens is 160 g/mol. The molecule has 1 N–H and O–H groups in total. The van der Waals surface area contributed by atoms with Crippen LogP contribution in [0.1, 0.15) is 19.8 Å². The maximum atomic E-state index is 10.8. The summed E-state index contributed by atoms with van der Waals surface area (Å²) in [6, 6.07) is 0. The van der Waals surface area contributed by atoms with Gasteiger partial charge in [0.1, 0.15) is 0 Å². The van der Waals surface area contributed by atoms with E-state index in [1.807, 2.05) is 4.90 Å². The minimum atomic E-state index is 0.0195. The molecule has 0 bridgehead atoms. The highest BCUT2D eigenvalue weighted by atomic mass is 32.1. The third-order valence-corrected chi connectivity index (χ3v) is 2.01. The van der Waals surface area contributed by atoms with Crippen LogP contribution in [0, 0.1) is 0 Å². The Morgan fingerprint density at radius 1 is 1.73 bits per heavy atom. The van der Waals surface area contributed by atoms with Crippen LogP contribution < -0.4 is 5.32 Å². The van der Waals surface area contributed by atoms with Crippen molar-refractivity contribution >= 4 is 23.2 Å². The van der Waals surface area contributed by atoms with Crippen LogP contribution in [0.15, 0.2) is 0 Å². The number of carbonyl (C=O) groups excluding carboxylic acids is 1. The number of carbonyl (C=O) groups is 1. The van der Waals surface area contributed by atoms with Gasteiger partial charge in [0.05, 0.1) is 6.54 Å². The quantitative estimate of drug-likeness (QED) is 0.629. The molecule has 0 atom stereocenters. The maximum Gasteiger partial charge on any atom is 0.245 e. The van der Waals surface area contributed by atoms with Gasteiger partial charge >= 0.3 is 0 Å². The first-order chi connectivity index (χ1) is 5.24. The molecule has 0 spiro atoms. The van der Waals surface area contributed by atoms with Crippen LogP contribution >= 0.6 is 12.2 Å². The lowest BCUT2D eigenvalue weighted by Gasteiger charge is -2.13. The zero-order valence-corrected chi connectivity index (χ0v) is 7.41. The zero-order chi connectivity index (χ0) is 8.27. The van der Waals surface area contributed by atoms with Crippen LogP contribution in [0.3, 0.4) is 0 Å². The molecule has 4 heteroatoms. The van der Waals surface area contributed by atoms with Gasteiger partial charge in [-0.25, -0.2) is 0 Å². The SMILES string of the molecule is CCCCN1CC(=O)NC1=S. The molecular formula is C7H12N2OS. The number of hydrogen-bond donors (Lipinski definition) is 1. The summed E-state index contributed by atoms with van der Waals surface area (Å²) in [7, 11) is 0. The van der Waals surface area contributed by atoms with E-state index in [1.165, 1.54) is 0 Å². The largest absolute Gasteiger partial charge is 0.340 e. The Hall–Kier alpha value is -0.640. The Labute approximate surface area is 71.8 Å². The van der Waals surface area contributed by atoms with Gasteiger partial charge in [-0.15, -0.1) is 0 Å². The topological polar surface area (TPSA) is 32.3 Å². The highest BCUT2D eigenvalue weighted by Gasteiger charge is 2.21. The number of nitrogens with one attached hydrogen (secondary N) is 1. The minimum Gasteiger partial charge on any atom is -0.340 e. The summed E-state index contributed by atoms with van der Waals surface area (Å²) in [4.78, 5) is 12.7. The summed E-state index contributed by atoms with van der Waals surface area (Å²) < 4.78 is 0. The van der Waals surface area contributed by atoms with Crippen molar-refractivity contribution in [3.63, 3.8) is 0 Å². The molecule has 0 aliphatic carbocycles. The lowest BCUT2D eigenvalue weighted by Crippen LogP contribution is -2.28. The van der Waals surface area contributed by atoms with E-state index in [9.17, 15) is 4.79 Å². The number of thiocarbonyl (C=S) groups is 1. The molecule has 1 fully saturated rings. The van der Waals surface area contributed by atoms with Gasteiger partial charge in [0.15, 0.2) is 5.11 Å². The summed E-state index contributed by atoms with van der Waals surface area (Å²) >= 11 is 4.92. The smallest absolute Gasteiger partial charge is 0.245 e. The van der Waals surface area contributed by atoms with E-state index in [0.717, 1.165) is 19.4 Å². The molecule has 11 heavy (non-hydrogen) atoms. The van der Waals surface area contributed by atoms with Crippen molar-refractivity contribution in [2.45, 2.75) is 19.8 Å². The highest BCUT2D eigenvalue weighted by Crippen LogP contribution is 2.00. The van der Waals surface area contributed by atoms with Gasteiger partial charge in [0.25, 0.3) is 0 Å². The van der Waals surface area contributed by atoms with Gasteiger partial charge in [-0.1, -0.05) is 13.3 Å². The van der Waals surface area contributed by atoms with Crippen LogP contribution in [0.4, 0.5) is 0 Å². The third-order valence-electron chi connectivity index (χ3n) is 1.65. The van der Waals surface area contributed by atoms with Crippen LogP contribution in [0.25, 0.3) is 0 Å². The second-order valence-electron chi connectivity index (χ2n) is 2.63. The predicted molar refractivity (Wildman–Crippen MR) is 47.2 cm³/mol. The number of amides is 1. The van der Waals surface area contributed by atoms with E-state index >= 15 is 0 Å². The van der Waals surface area contributed by atoms with E-state index < -0.39 is 0 Å². The molecule has 1 amide bonds. The van der Waals surface area contributed by atoms with Crippen molar-refractivity contribution in [3.8, 4) is 0 Å². The summed E-state index contributed by atoms with van der Waals surface area (Å²) in [6.07, 6.45) is 2.22. The van der Waals surface area contributed by atoms with Crippen LogP contribution in [-0.4, -0.2) is 29.0 Å². The fourth-order valence-corrected chi connectivity index (χ4v) is 1.28. The molecule has 0 saturated carbocycles. The number of nitrogens with zero attached hydrogens (tertiary/aromatic N) is 1. The fourth-order valence-electron chi connectivity index (χ4n) is 1.01. The molecule has 1 saturated heterocycles. The molecule has 1 aliphatic heterocycles. The minimum absolute atomic E-state index is 0.0195. The van der Waals surface area contributed by atoms with Crippen molar-refractivity contribution in [1.29, 1.82) is 0 Å². The number of hydrogen-bond acceptors (Lipinski definition) is 2. The molecule has 0 aromatic rings. The monoisotopic (exact) mass is 172 g/mol. The molecule has 0 aromatic carbocycles. The third kappa shape index (κ3) is 2.15. The van der Waals surface area contributed by atoms with Gasteiger partial charge in [-0.2, -0.15) is 0 Å². The van der Waals surface area contributed by atoms with Crippen LogP contribution in [0.2, 0.25) is 0 Å². The standard InChI is InChI=1S/C7H12N2OS/c1-2-3-4-9-5-6(10)8-7(9)11/h2-5H2,1H3,(H,8,10,11). The molecule has 1 rings (SSSR count). The van der Waals surface area contributed by atoms with Crippen molar-refractivity contribution in [2.75, 3.05) is 13.1 Å². The van der Waals surface area contributed by atoms with Gasteiger partial charge in [-0.05, 0) is 18.6 Å². The summed E-state index contributed by atoms with van der Waals surface area (Å²) in [5.41, 5.74) is 0. The molecule has 1 heterocycles. The predicted octanol–water partition coefficient (Wildman–Crippen LogP) is 0.503. The lowest BCUT2D eigenvalue weighted by atomic mass is 10.3. The lowest BCUT2D eigenvalue weighted by molar-refractivity contribution is -0.118. The first kappa shape index (κ1) is 8.46. The van der Waals surface area contributed by atoms with Gasteiger partial charge < -0.3 is 10.2 Å². The van der Waals surface area contributed by atoms with E-state index in [0.29, 0.717) is 11.7 Å². The molecule has 0 aromatic heterocycles. The van der Waals surface area contributed by atoms with Gasteiger partial charge in [0.2, 0.25) is 5.91 Å². The fraction of sp³-hybridized carbons (Fsp3) is 0.714. The summed E-state index contributed by atoms with van der Waals surface area (Å²) in [5.74, 6) is 0.0195. The zero-order valence-electron chi connectivity index (χ0n) is 6.59. The Bertz CT molecular complexity index is 181. The van der Waals surface area contributed by atoms with Crippen LogP contribution in [-0.2, 0) is 4.79 Å². The number of unbranched alkanes of at least 4 members (excludes halogenated alkanes) is 1. The van der Waals surface area contributed by atoms with Crippen molar-refractivity contribution in [3.05, 3.63) is 0 Å². The van der Waals surface area contributed by atoms with Crippen molar-refractivity contribution in [2.24, 2.45) is 0 Å². The Balaban J connectivity index is 2.34. The maximum absolute atomic E-state index is 10.8. The first-order valence-corrected chi connectivity index (χ1v) is 4.23. The Kier molecular flexibility index (Phi) is 2.82. The van der Waals surface area contributed by atoms with Gasteiger partial charge in [-0.3, -0.25) is 4.79 Å². The van der Waals surface area contributed by atoms with Gasteiger partial charge in [0, 0.05) is 6.54 Å². The Morgan fingerprint density at radius 3 is 2.91 bits per heavy atom. The normalized spacial score (nSPS) is 17.4. The molecule has 62 valence electrons. The molecule has 3 nitrogen and oxygen atoms in total. The second kappa shape index (κ2) is 3.67. The second-order valence-corrected chi connectivity index (χ2v) is 3.02. The highest BCUT2D eigenvalue weighted by molar-refractivity contribution is 7.80. The summed E-state index contributed by atoms with van der Waals surface area (Å²) in [6.45, 7) is 3.46. The van der Waals surface area contributed by atoms with E-state index in [-0.39, 0.29) is 5.91 Å². The van der Waals surface area contributed by atoms with Crippen molar-refractivity contribution in [1.82, 2.24) is 10.2 Å². The number of rotatable bonds is 3. The molecule has 0 radical (unpaired) electrons. The first-order valence-electron chi connectivity index (χ1n) is 3.82. The van der Waals surface area contributed by atoms with E-state index in [4.69, 9.17) is 12.2 Å².